The minimum absolute atomic E-state index is 0.00102. The Kier molecular flexibility index (Phi) is 3.70. The van der Waals surface area contributed by atoms with Gasteiger partial charge in [-0.2, -0.15) is 0 Å². The first-order valence-corrected chi connectivity index (χ1v) is 4.43. The molecule has 1 saturated heterocycles. The second kappa shape index (κ2) is 4.81. The van der Waals surface area contributed by atoms with E-state index in [9.17, 15) is 9.59 Å². The number of rotatable bonds is 2. The Balaban J connectivity index is 2.45. The number of carbonyl (C=O) groups is 2. The van der Waals surface area contributed by atoms with Crippen LogP contribution in [-0.4, -0.2) is 49.9 Å². The predicted molar refractivity (Wildman–Crippen MR) is 48.1 cm³/mol. The molecule has 5 nitrogen and oxygen atoms in total. The Morgan fingerprint density at radius 2 is 2.46 bits per heavy atom. The number of nitrogens with zero attached hydrogens (tertiary/aromatic N) is 1. The summed E-state index contributed by atoms with van der Waals surface area (Å²) in [6, 6.07) is 0. The fourth-order valence-electron chi connectivity index (χ4n) is 1.25. The largest absolute Gasteiger partial charge is 0.358 e. The SMILES string of the molecule is CNC(=O)CN1CCCNCC1=O. The molecule has 0 unspecified atom stereocenters. The summed E-state index contributed by atoms with van der Waals surface area (Å²) in [5, 5.41) is 5.50. The van der Waals surface area contributed by atoms with Crippen LogP contribution in [0.25, 0.3) is 0 Å². The van der Waals surface area contributed by atoms with Crippen molar-refractivity contribution >= 4 is 11.8 Å². The summed E-state index contributed by atoms with van der Waals surface area (Å²) in [7, 11) is 1.57. The molecule has 0 aliphatic carbocycles. The summed E-state index contributed by atoms with van der Waals surface area (Å²) in [5.74, 6) is -0.114. The number of nitrogens with one attached hydrogen (secondary N) is 2. The van der Waals surface area contributed by atoms with Crippen LogP contribution in [0.3, 0.4) is 0 Å². The van der Waals surface area contributed by atoms with Crippen molar-refractivity contribution in [2.45, 2.75) is 6.42 Å². The molecule has 13 heavy (non-hydrogen) atoms. The molecule has 74 valence electrons. The lowest BCUT2D eigenvalue weighted by Crippen LogP contribution is -2.41. The molecule has 5 heteroatoms. The van der Waals surface area contributed by atoms with Gasteiger partial charge in [-0.05, 0) is 13.0 Å². The van der Waals surface area contributed by atoms with Crippen LogP contribution in [0.1, 0.15) is 6.42 Å². The lowest BCUT2D eigenvalue weighted by Gasteiger charge is -2.18. The Morgan fingerprint density at radius 1 is 1.69 bits per heavy atom. The highest BCUT2D eigenvalue weighted by Crippen LogP contribution is 1.95. The first-order chi connectivity index (χ1) is 6.24. The summed E-state index contributed by atoms with van der Waals surface area (Å²) in [6.45, 7) is 2.03. The second-order valence-corrected chi connectivity index (χ2v) is 3.02. The fourth-order valence-corrected chi connectivity index (χ4v) is 1.25. The summed E-state index contributed by atoms with van der Waals surface area (Å²) in [6.07, 6.45) is 0.905. The monoisotopic (exact) mass is 185 g/mol. The molecule has 0 aromatic heterocycles. The van der Waals surface area contributed by atoms with Gasteiger partial charge in [0.25, 0.3) is 0 Å². The van der Waals surface area contributed by atoms with E-state index >= 15 is 0 Å². The lowest BCUT2D eigenvalue weighted by atomic mass is 10.4. The molecule has 1 rings (SSSR count). The van der Waals surface area contributed by atoms with Crippen LogP contribution in [0.2, 0.25) is 0 Å². The number of amides is 2. The van der Waals surface area contributed by atoms with Crippen molar-refractivity contribution in [1.82, 2.24) is 15.5 Å². The molecule has 1 aliphatic rings. The Bertz CT molecular complexity index is 206. The van der Waals surface area contributed by atoms with Gasteiger partial charge in [0, 0.05) is 13.6 Å². The third kappa shape index (κ3) is 3.02. The number of carbonyl (C=O) groups excluding carboxylic acids is 2. The maximum atomic E-state index is 11.3. The van der Waals surface area contributed by atoms with E-state index in [-0.39, 0.29) is 18.4 Å². The third-order valence-corrected chi connectivity index (χ3v) is 2.02. The highest BCUT2D eigenvalue weighted by molar-refractivity contribution is 5.85. The smallest absolute Gasteiger partial charge is 0.239 e. The zero-order valence-corrected chi connectivity index (χ0v) is 7.80. The molecule has 2 amide bonds. The van der Waals surface area contributed by atoms with Crippen molar-refractivity contribution in [1.29, 1.82) is 0 Å². The van der Waals surface area contributed by atoms with E-state index in [1.165, 1.54) is 0 Å². The van der Waals surface area contributed by atoms with Crippen LogP contribution in [0.5, 0.6) is 0 Å². The molecule has 1 aliphatic heterocycles. The van der Waals surface area contributed by atoms with Gasteiger partial charge in [0.2, 0.25) is 11.8 Å². The third-order valence-electron chi connectivity index (χ3n) is 2.02. The standard InChI is InChI=1S/C8H15N3O2/c1-9-7(12)6-11-4-2-3-10-5-8(11)13/h10H,2-6H2,1H3,(H,9,12). The quantitative estimate of drug-likeness (QED) is 0.553. The van der Waals surface area contributed by atoms with Gasteiger partial charge in [0.1, 0.15) is 0 Å². The highest BCUT2D eigenvalue weighted by Gasteiger charge is 2.17. The van der Waals surface area contributed by atoms with Crippen LogP contribution >= 0.6 is 0 Å². The van der Waals surface area contributed by atoms with Gasteiger partial charge in [-0.1, -0.05) is 0 Å². The van der Waals surface area contributed by atoms with E-state index in [0.717, 1.165) is 13.0 Å². The zero-order chi connectivity index (χ0) is 9.68. The normalized spacial score (nSPS) is 18.2. The van der Waals surface area contributed by atoms with Crippen molar-refractivity contribution < 1.29 is 9.59 Å². The molecule has 1 fully saturated rings. The average molecular weight is 185 g/mol. The van der Waals surface area contributed by atoms with Crippen molar-refractivity contribution in [3.8, 4) is 0 Å². The fraction of sp³-hybridized carbons (Fsp3) is 0.750. The molecule has 0 atom stereocenters. The average Bonchev–Trinajstić information content (AvgIpc) is 2.32. The van der Waals surface area contributed by atoms with Crippen LogP contribution < -0.4 is 10.6 Å². The van der Waals surface area contributed by atoms with Gasteiger partial charge in [0.15, 0.2) is 0 Å². The van der Waals surface area contributed by atoms with Crippen molar-refractivity contribution in [2.75, 3.05) is 33.2 Å². The second-order valence-electron chi connectivity index (χ2n) is 3.02. The van der Waals surface area contributed by atoms with E-state index in [2.05, 4.69) is 10.6 Å². The van der Waals surface area contributed by atoms with Crippen molar-refractivity contribution in [3.63, 3.8) is 0 Å². The van der Waals surface area contributed by atoms with Crippen LogP contribution in [-0.2, 0) is 9.59 Å². The molecular weight excluding hydrogens is 170 g/mol. The Hall–Kier alpha value is -1.10. The van der Waals surface area contributed by atoms with Crippen LogP contribution in [0.15, 0.2) is 0 Å². The maximum absolute atomic E-state index is 11.3. The molecule has 2 N–H and O–H groups in total. The molecule has 0 spiro atoms. The number of likely N-dealkylation sites (N-methyl/N-ethyl adjacent to an activating group) is 1. The van der Waals surface area contributed by atoms with Crippen LogP contribution in [0, 0.1) is 0 Å². The van der Waals surface area contributed by atoms with Gasteiger partial charge in [-0.3, -0.25) is 9.59 Å². The van der Waals surface area contributed by atoms with Gasteiger partial charge in [-0.25, -0.2) is 0 Å². The summed E-state index contributed by atoms with van der Waals surface area (Å²) in [4.78, 5) is 23.9. The molecule has 0 saturated carbocycles. The minimum Gasteiger partial charge on any atom is -0.358 e. The summed E-state index contributed by atoms with van der Waals surface area (Å²) >= 11 is 0. The summed E-state index contributed by atoms with van der Waals surface area (Å²) in [5.41, 5.74) is 0. The number of hydrogen-bond donors (Lipinski definition) is 2. The predicted octanol–water partition coefficient (Wildman–Crippen LogP) is -1.45. The van der Waals surface area contributed by atoms with Gasteiger partial charge in [-0.15, -0.1) is 0 Å². The van der Waals surface area contributed by atoms with E-state index < -0.39 is 0 Å². The maximum Gasteiger partial charge on any atom is 0.239 e. The number of hydrogen-bond acceptors (Lipinski definition) is 3. The van der Waals surface area contributed by atoms with E-state index in [1.54, 1.807) is 11.9 Å². The van der Waals surface area contributed by atoms with Crippen molar-refractivity contribution in [3.05, 3.63) is 0 Å². The van der Waals surface area contributed by atoms with Gasteiger partial charge >= 0.3 is 0 Å². The Morgan fingerprint density at radius 3 is 3.15 bits per heavy atom. The first-order valence-electron chi connectivity index (χ1n) is 4.43. The van der Waals surface area contributed by atoms with Crippen LogP contribution in [0.4, 0.5) is 0 Å². The van der Waals surface area contributed by atoms with E-state index in [4.69, 9.17) is 0 Å². The first kappa shape index (κ1) is 9.98. The van der Waals surface area contributed by atoms with Crippen molar-refractivity contribution in [2.24, 2.45) is 0 Å². The molecule has 0 radical (unpaired) electrons. The minimum atomic E-state index is -0.116. The topological polar surface area (TPSA) is 61.4 Å². The molecule has 0 aromatic rings. The molecular formula is C8H15N3O2. The van der Waals surface area contributed by atoms with E-state index in [1.807, 2.05) is 0 Å². The zero-order valence-electron chi connectivity index (χ0n) is 7.80. The Labute approximate surface area is 77.5 Å². The van der Waals surface area contributed by atoms with Gasteiger partial charge < -0.3 is 15.5 Å². The van der Waals surface area contributed by atoms with Gasteiger partial charge in [0.05, 0.1) is 13.1 Å². The molecule has 0 bridgehead atoms. The summed E-state index contributed by atoms with van der Waals surface area (Å²) < 4.78 is 0. The molecule has 1 heterocycles. The van der Waals surface area contributed by atoms with E-state index in [0.29, 0.717) is 13.1 Å². The highest BCUT2D eigenvalue weighted by atomic mass is 16.2. The lowest BCUT2D eigenvalue weighted by molar-refractivity contribution is -0.134. The molecule has 0 aromatic carbocycles.